The molecule has 0 aliphatic carbocycles. The molecule has 0 bridgehead atoms. The number of benzene rings is 2. The maximum Gasteiger partial charge on any atom is 0.130 e. The van der Waals surface area contributed by atoms with Crippen molar-refractivity contribution in [2.45, 2.75) is 13.8 Å². The number of aliphatic hydroxyl groups is 1. The highest BCUT2D eigenvalue weighted by molar-refractivity contribution is 5.40. The highest BCUT2D eigenvalue weighted by Crippen LogP contribution is 2.26. The molecule has 0 unspecified atom stereocenters. The van der Waals surface area contributed by atoms with Crippen LogP contribution in [0.4, 0.5) is 0 Å². The van der Waals surface area contributed by atoms with Gasteiger partial charge in [0.25, 0.3) is 0 Å². The molecule has 0 atom stereocenters. The van der Waals surface area contributed by atoms with Crippen molar-refractivity contribution in [3.05, 3.63) is 59.7 Å². The maximum atomic E-state index is 8.39. The second kappa shape index (κ2) is 10.4. The van der Waals surface area contributed by atoms with Gasteiger partial charge >= 0.3 is 0 Å². The van der Waals surface area contributed by atoms with Gasteiger partial charge in [-0.3, -0.25) is 0 Å². The van der Waals surface area contributed by atoms with Gasteiger partial charge in [-0.2, -0.15) is 0 Å². The van der Waals surface area contributed by atoms with Crippen molar-refractivity contribution < 1.29 is 31.3 Å². The summed E-state index contributed by atoms with van der Waals surface area (Å²) in [5.74, 6) is 1.85. The molecular weight excluding hydrogens is 354 g/mol. The van der Waals surface area contributed by atoms with Crippen LogP contribution in [0.25, 0.3) is 0 Å². The fraction of sp³-hybridized carbons (Fsp3) is 0.368. The first-order chi connectivity index (χ1) is 10.3. The summed E-state index contributed by atoms with van der Waals surface area (Å²) in [5.41, 5.74) is 2.31. The van der Waals surface area contributed by atoms with E-state index < -0.39 is 0 Å². The number of para-hydroxylation sites is 2. The lowest BCUT2D eigenvalue weighted by Crippen LogP contribution is -3.00. The van der Waals surface area contributed by atoms with Gasteiger partial charge in [0.05, 0.1) is 27.7 Å². The SMILES string of the molecule is C[N+](C)(C)CCO.Cc1ccccc1Oc1ccccc1C.[Br-]. The lowest BCUT2D eigenvalue weighted by atomic mass is 10.2. The van der Waals surface area contributed by atoms with Crippen molar-refractivity contribution in [1.82, 2.24) is 0 Å². The standard InChI is InChI=1S/C14H14O.C5H14NO.BrH/c1-11-7-3-5-9-13(11)15-14-10-6-4-8-12(14)2;1-6(2,3)4-5-7;/h3-10H,1-2H3;7H,4-5H2,1-3H3;1H/q;+1;/p-1. The molecule has 2 aromatic carbocycles. The van der Waals surface area contributed by atoms with Crippen molar-refractivity contribution >= 4 is 0 Å². The zero-order valence-corrected chi connectivity index (χ0v) is 16.3. The first-order valence-corrected chi connectivity index (χ1v) is 7.54. The van der Waals surface area contributed by atoms with Crippen molar-refractivity contribution in [1.29, 1.82) is 0 Å². The number of rotatable bonds is 4. The number of quaternary nitrogens is 1. The van der Waals surface area contributed by atoms with E-state index in [4.69, 9.17) is 9.84 Å². The number of hydrogen-bond acceptors (Lipinski definition) is 2. The molecule has 0 fully saturated rings. The summed E-state index contributed by atoms with van der Waals surface area (Å²) in [6.45, 7) is 5.21. The lowest BCUT2D eigenvalue weighted by Gasteiger charge is -2.21. The van der Waals surface area contributed by atoms with Gasteiger partial charge in [0.1, 0.15) is 18.0 Å². The van der Waals surface area contributed by atoms with Crippen LogP contribution in [0.3, 0.4) is 0 Å². The summed E-state index contributed by atoms with van der Waals surface area (Å²) in [6, 6.07) is 16.1. The van der Waals surface area contributed by atoms with Crippen molar-refractivity contribution in [2.24, 2.45) is 0 Å². The minimum absolute atomic E-state index is 0. The normalized spacial score (nSPS) is 10.2. The third kappa shape index (κ3) is 8.74. The molecule has 0 saturated carbocycles. The third-order valence-corrected chi connectivity index (χ3v) is 3.18. The van der Waals surface area contributed by atoms with Gasteiger partial charge in [0.2, 0.25) is 0 Å². The lowest BCUT2D eigenvalue weighted by molar-refractivity contribution is -0.870. The van der Waals surface area contributed by atoms with E-state index in [1.54, 1.807) is 0 Å². The predicted octanol–water partition coefficient (Wildman–Crippen LogP) is 0.785. The van der Waals surface area contributed by atoms with Gasteiger partial charge in [0, 0.05) is 0 Å². The van der Waals surface area contributed by atoms with Crippen LogP contribution in [0.1, 0.15) is 11.1 Å². The largest absolute Gasteiger partial charge is 1.00 e. The van der Waals surface area contributed by atoms with E-state index >= 15 is 0 Å². The van der Waals surface area contributed by atoms with Crippen LogP contribution in [0.2, 0.25) is 0 Å². The summed E-state index contributed by atoms with van der Waals surface area (Å²) in [7, 11) is 6.16. The Kier molecular flexibility index (Phi) is 9.80. The monoisotopic (exact) mass is 381 g/mol. The Bertz CT molecular complexity index is 536. The molecular formula is C19H28BrNO2. The molecule has 0 amide bonds. The van der Waals surface area contributed by atoms with Crippen LogP contribution < -0.4 is 21.7 Å². The van der Waals surface area contributed by atoms with Crippen LogP contribution >= 0.6 is 0 Å². The average molecular weight is 382 g/mol. The molecule has 0 radical (unpaired) electrons. The summed E-state index contributed by atoms with van der Waals surface area (Å²) in [4.78, 5) is 0. The van der Waals surface area contributed by atoms with Gasteiger partial charge in [-0.25, -0.2) is 0 Å². The van der Waals surface area contributed by atoms with Crippen LogP contribution in [0.5, 0.6) is 11.5 Å². The molecule has 3 nitrogen and oxygen atoms in total. The van der Waals surface area contributed by atoms with E-state index in [0.29, 0.717) is 0 Å². The first kappa shape index (κ1) is 21.6. The predicted molar refractivity (Wildman–Crippen MR) is 92.4 cm³/mol. The first-order valence-electron chi connectivity index (χ1n) is 7.54. The number of hydrogen-bond donors (Lipinski definition) is 1. The van der Waals surface area contributed by atoms with Crippen molar-refractivity contribution in [3.63, 3.8) is 0 Å². The van der Waals surface area contributed by atoms with Crippen LogP contribution in [-0.4, -0.2) is 43.9 Å². The van der Waals surface area contributed by atoms with Gasteiger partial charge in [0.15, 0.2) is 0 Å². The Morgan fingerprint density at radius 1 is 0.826 bits per heavy atom. The topological polar surface area (TPSA) is 29.5 Å². The summed E-state index contributed by atoms with van der Waals surface area (Å²) < 4.78 is 6.68. The molecule has 23 heavy (non-hydrogen) atoms. The molecule has 0 saturated heterocycles. The van der Waals surface area contributed by atoms with E-state index in [0.717, 1.165) is 33.7 Å². The zero-order chi connectivity index (χ0) is 16.6. The Hall–Kier alpha value is -1.36. The van der Waals surface area contributed by atoms with E-state index in [1.807, 2.05) is 62.4 Å². The molecule has 4 heteroatoms. The fourth-order valence-electron chi connectivity index (χ4n) is 1.76. The maximum absolute atomic E-state index is 8.39. The summed E-state index contributed by atoms with van der Waals surface area (Å²) in [6.07, 6.45) is 0. The molecule has 128 valence electrons. The third-order valence-electron chi connectivity index (χ3n) is 3.18. The number of likely N-dealkylation sites (N-methyl/N-ethyl adjacent to an activating group) is 1. The summed E-state index contributed by atoms with van der Waals surface area (Å²) >= 11 is 0. The number of ether oxygens (including phenoxy) is 1. The van der Waals surface area contributed by atoms with E-state index in [1.165, 1.54) is 0 Å². The molecule has 0 heterocycles. The highest BCUT2D eigenvalue weighted by atomic mass is 79.9. The van der Waals surface area contributed by atoms with Crippen molar-refractivity contribution in [2.75, 3.05) is 34.3 Å². The Balaban J connectivity index is 0.000000522. The molecule has 2 rings (SSSR count). The van der Waals surface area contributed by atoms with Crippen LogP contribution in [0, 0.1) is 13.8 Å². The molecule has 0 aliphatic heterocycles. The van der Waals surface area contributed by atoms with E-state index in [9.17, 15) is 0 Å². The quantitative estimate of drug-likeness (QED) is 0.793. The van der Waals surface area contributed by atoms with Gasteiger partial charge < -0.3 is 31.3 Å². The number of aryl methyl sites for hydroxylation is 2. The van der Waals surface area contributed by atoms with Gasteiger partial charge in [-0.15, -0.1) is 0 Å². The van der Waals surface area contributed by atoms with E-state index in [-0.39, 0.29) is 23.6 Å². The van der Waals surface area contributed by atoms with Crippen molar-refractivity contribution in [3.8, 4) is 11.5 Å². The van der Waals surface area contributed by atoms with Crippen LogP contribution in [0.15, 0.2) is 48.5 Å². The fourth-order valence-corrected chi connectivity index (χ4v) is 1.76. The summed E-state index contributed by atoms with van der Waals surface area (Å²) in [5, 5.41) is 8.39. The highest BCUT2D eigenvalue weighted by Gasteiger charge is 2.02. The number of halogens is 1. The molecule has 0 aliphatic rings. The second-order valence-corrected chi connectivity index (χ2v) is 6.37. The Morgan fingerprint density at radius 3 is 1.48 bits per heavy atom. The minimum atomic E-state index is 0. The minimum Gasteiger partial charge on any atom is -1.00 e. The average Bonchev–Trinajstić information content (AvgIpc) is 2.43. The molecule has 1 N–H and O–H groups in total. The molecule has 2 aromatic rings. The molecule has 0 spiro atoms. The molecule has 0 aromatic heterocycles. The van der Waals surface area contributed by atoms with Gasteiger partial charge in [-0.05, 0) is 37.1 Å². The number of aliphatic hydroxyl groups excluding tert-OH is 1. The second-order valence-electron chi connectivity index (χ2n) is 6.37. The van der Waals surface area contributed by atoms with Gasteiger partial charge in [-0.1, -0.05) is 36.4 Å². The Labute approximate surface area is 150 Å². The smallest absolute Gasteiger partial charge is 0.130 e. The van der Waals surface area contributed by atoms with Crippen LogP contribution in [-0.2, 0) is 0 Å². The van der Waals surface area contributed by atoms with E-state index in [2.05, 4.69) is 21.1 Å². The number of nitrogens with zero attached hydrogens (tertiary/aromatic N) is 1. The zero-order valence-electron chi connectivity index (χ0n) is 14.7. The Morgan fingerprint density at radius 2 is 1.22 bits per heavy atom.